The first-order valence-electron chi connectivity index (χ1n) is 6.46. The Bertz CT molecular complexity index is 720. The Hall–Kier alpha value is -2.08. The molecule has 2 N–H and O–H groups in total. The van der Waals surface area contributed by atoms with E-state index in [1.54, 1.807) is 18.1 Å². The number of rotatable bonds is 4. The number of imidazole rings is 1. The topological polar surface area (TPSA) is 66.5 Å². The lowest BCUT2D eigenvalue weighted by Gasteiger charge is -2.06. The first kappa shape index (κ1) is 12.9. The highest BCUT2D eigenvalue weighted by molar-refractivity contribution is 7.99. The molecule has 0 saturated heterocycles. The van der Waals surface area contributed by atoms with Gasteiger partial charge < -0.3 is 10.3 Å². The molecule has 0 atom stereocenters. The lowest BCUT2D eigenvalue weighted by atomic mass is 10.2. The van der Waals surface area contributed by atoms with Gasteiger partial charge in [0.15, 0.2) is 5.65 Å². The molecule has 0 aliphatic heterocycles. The summed E-state index contributed by atoms with van der Waals surface area (Å²) in [6.07, 6.45) is 1.65. The molecule has 20 heavy (non-hydrogen) atoms. The van der Waals surface area contributed by atoms with Crippen LogP contribution in [0.25, 0.3) is 11.2 Å². The minimum Gasteiger partial charge on any atom is -0.354 e. The second-order valence-electron chi connectivity index (χ2n) is 4.40. The Morgan fingerprint density at radius 2 is 2.00 bits per heavy atom. The molecule has 0 fully saturated rings. The summed E-state index contributed by atoms with van der Waals surface area (Å²) < 4.78 is 0. The molecule has 2 heterocycles. The van der Waals surface area contributed by atoms with Crippen LogP contribution >= 0.6 is 11.8 Å². The predicted octanol–water partition coefficient (Wildman–Crippen LogP) is 3.24. The number of fused-ring (bicyclic) bond motifs is 1. The molecule has 3 aromatic rings. The zero-order valence-electron chi connectivity index (χ0n) is 11.3. The smallest absolute Gasteiger partial charge is 0.225 e. The molecule has 1 aromatic carbocycles. The third-order valence-electron chi connectivity index (χ3n) is 2.82. The Kier molecular flexibility index (Phi) is 3.56. The van der Waals surface area contributed by atoms with Gasteiger partial charge in [0, 0.05) is 11.4 Å². The summed E-state index contributed by atoms with van der Waals surface area (Å²) in [6.45, 7) is 4.88. The number of anilines is 1. The summed E-state index contributed by atoms with van der Waals surface area (Å²) in [6, 6.07) is 8.38. The quantitative estimate of drug-likeness (QED) is 0.720. The van der Waals surface area contributed by atoms with Crippen molar-refractivity contribution in [1.82, 2.24) is 19.9 Å². The van der Waals surface area contributed by atoms with Crippen LogP contribution < -0.4 is 5.32 Å². The lowest BCUT2D eigenvalue weighted by molar-refractivity contribution is 1.04. The van der Waals surface area contributed by atoms with Crippen molar-refractivity contribution in [2.45, 2.75) is 23.8 Å². The molecular weight excluding hydrogens is 270 g/mol. The van der Waals surface area contributed by atoms with Crippen molar-refractivity contribution in [3.8, 4) is 0 Å². The molecule has 0 saturated carbocycles. The zero-order valence-corrected chi connectivity index (χ0v) is 12.2. The third kappa shape index (κ3) is 2.60. The number of hydrogen-bond donors (Lipinski definition) is 2. The molecule has 102 valence electrons. The standard InChI is InChI=1S/C14H15N5S/c1-3-15-14-18-12-11(16-8-17-12)13(19-14)20-10-6-4-9(2)5-7-10/h4-8H,3H2,1-2H3,(H2,15,16,17,18,19). The fraction of sp³-hybridized carbons (Fsp3) is 0.214. The van der Waals surface area contributed by atoms with E-state index in [1.807, 2.05) is 6.92 Å². The SMILES string of the molecule is CCNc1nc(Sc2ccc(C)cc2)c2[nH]cnc2n1. The number of aryl methyl sites for hydroxylation is 1. The van der Waals surface area contributed by atoms with E-state index in [0.717, 1.165) is 22.0 Å². The van der Waals surface area contributed by atoms with E-state index in [2.05, 4.69) is 56.4 Å². The Labute approximate surface area is 121 Å². The van der Waals surface area contributed by atoms with Crippen molar-refractivity contribution in [1.29, 1.82) is 0 Å². The van der Waals surface area contributed by atoms with Crippen molar-refractivity contribution in [3.05, 3.63) is 36.2 Å². The second-order valence-corrected chi connectivity index (χ2v) is 5.46. The van der Waals surface area contributed by atoms with Gasteiger partial charge in [0.1, 0.15) is 10.5 Å². The molecule has 5 nitrogen and oxygen atoms in total. The van der Waals surface area contributed by atoms with Crippen LogP contribution in [-0.2, 0) is 0 Å². The van der Waals surface area contributed by atoms with Crippen molar-refractivity contribution in [2.24, 2.45) is 0 Å². The van der Waals surface area contributed by atoms with Crippen LogP contribution in [0.3, 0.4) is 0 Å². The van der Waals surface area contributed by atoms with Crippen LogP contribution in [0.2, 0.25) is 0 Å². The fourth-order valence-corrected chi connectivity index (χ4v) is 2.72. The number of H-pyrrole nitrogens is 1. The van der Waals surface area contributed by atoms with Gasteiger partial charge in [-0.1, -0.05) is 29.5 Å². The molecule has 0 bridgehead atoms. The zero-order chi connectivity index (χ0) is 13.9. The van der Waals surface area contributed by atoms with Crippen LogP contribution in [0, 0.1) is 6.92 Å². The number of aromatic amines is 1. The molecule has 0 aliphatic carbocycles. The van der Waals surface area contributed by atoms with Crippen molar-refractivity contribution in [2.75, 3.05) is 11.9 Å². The average molecular weight is 285 g/mol. The molecule has 0 unspecified atom stereocenters. The van der Waals surface area contributed by atoms with Gasteiger partial charge in [-0.05, 0) is 26.0 Å². The van der Waals surface area contributed by atoms with Crippen molar-refractivity contribution < 1.29 is 0 Å². The molecule has 6 heteroatoms. The minimum absolute atomic E-state index is 0.613. The number of benzene rings is 1. The van der Waals surface area contributed by atoms with E-state index < -0.39 is 0 Å². The monoisotopic (exact) mass is 285 g/mol. The summed E-state index contributed by atoms with van der Waals surface area (Å²) in [5, 5.41) is 4.02. The molecular formula is C14H15N5S. The summed E-state index contributed by atoms with van der Waals surface area (Å²) in [7, 11) is 0. The highest BCUT2D eigenvalue weighted by atomic mass is 32.2. The minimum atomic E-state index is 0.613. The van der Waals surface area contributed by atoms with Crippen LogP contribution in [0.4, 0.5) is 5.95 Å². The number of nitrogens with zero attached hydrogens (tertiary/aromatic N) is 3. The predicted molar refractivity (Wildman–Crippen MR) is 81.1 cm³/mol. The molecule has 0 radical (unpaired) electrons. The third-order valence-corrected chi connectivity index (χ3v) is 3.82. The number of hydrogen-bond acceptors (Lipinski definition) is 5. The highest BCUT2D eigenvalue weighted by Crippen LogP contribution is 2.31. The van der Waals surface area contributed by atoms with Gasteiger partial charge in [0.05, 0.1) is 6.33 Å². The van der Waals surface area contributed by atoms with Gasteiger partial charge in [-0.15, -0.1) is 0 Å². The van der Waals surface area contributed by atoms with E-state index in [4.69, 9.17) is 0 Å². The largest absolute Gasteiger partial charge is 0.354 e. The van der Waals surface area contributed by atoms with Crippen LogP contribution in [-0.4, -0.2) is 26.5 Å². The van der Waals surface area contributed by atoms with Crippen LogP contribution in [0.5, 0.6) is 0 Å². The summed E-state index contributed by atoms with van der Waals surface area (Å²) in [5.41, 5.74) is 2.81. The van der Waals surface area contributed by atoms with Gasteiger partial charge in [0.25, 0.3) is 0 Å². The number of nitrogens with one attached hydrogen (secondary N) is 2. The molecule has 0 aliphatic rings. The van der Waals surface area contributed by atoms with Crippen LogP contribution in [0.1, 0.15) is 12.5 Å². The van der Waals surface area contributed by atoms with E-state index in [1.165, 1.54) is 5.56 Å². The maximum atomic E-state index is 4.55. The van der Waals surface area contributed by atoms with Gasteiger partial charge in [-0.25, -0.2) is 9.97 Å². The van der Waals surface area contributed by atoms with E-state index in [0.29, 0.717) is 11.6 Å². The van der Waals surface area contributed by atoms with Crippen molar-refractivity contribution in [3.63, 3.8) is 0 Å². The fourth-order valence-electron chi connectivity index (χ4n) is 1.84. The molecule has 0 spiro atoms. The number of aromatic nitrogens is 4. The Morgan fingerprint density at radius 3 is 2.75 bits per heavy atom. The highest BCUT2D eigenvalue weighted by Gasteiger charge is 2.11. The average Bonchev–Trinajstić information content (AvgIpc) is 2.90. The van der Waals surface area contributed by atoms with E-state index in [9.17, 15) is 0 Å². The van der Waals surface area contributed by atoms with Gasteiger partial charge in [-0.2, -0.15) is 4.98 Å². The summed E-state index contributed by atoms with van der Waals surface area (Å²) in [4.78, 5) is 17.4. The van der Waals surface area contributed by atoms with Gasteiger partial charge in [0.2, 0.25) is 5.95 Å². The van der Waals surface area contributed by atoms with Gasteiger partial charge >= 0.3 is 0 Å². The van der Waals surface area contributed by atoms with Crippen LogP contribution in [0.15, 0.2) is 40.5 Å². The van der Waals surface area contributed by atoms with E-state index >= 15 is 0 Å². The van der Waals surface area contributed by atoms with Crippen molar-refractivity contribution >= 4 is 28.9 Å². The maximum Gasteiger partial charge on any atom is 0.225 e. The molecule has 0 amide bonds. The van der Waals surface area contributed by atoms with E-state index in [-0.39, 0.29) is 0 Å². The maximum absolute atomic E-state index is 4.55. The molecule has 2 aromatic heterocycles. The molecule has 3 rings (SSSR count). The Balaban J connectivity index is 2.00. The van der Waals surface area contributed by atoms with Gasteiger partial charge in [-0.3, -0.25) is 0 Å². The normalized spacial score (nSPS) is 10.9. The summed E-state index contributed by atoms with van der Waals surface area (Å²) >= 11 is 1.61. The second kappa shape index (κ2) is 5.50. The summed E-state index contributed by atoms with van der Waals surface area (Å²) in [5.74, 6) is 0.613. The first-order chi connectivity index (χ1) is 9.76. The lowest BCUT2D eigenvalue weighted by Crippen LogP contribution is -2.03. The first-order valence-corrected chi connectivity index (χ1v) is 7.27. The Morgan fingerprint density at radius 1 is 1.20 bits per heavy atom.